The standard InChI is InChI=1S/C20H33N3O5.HI/c1-4-21-19(23-13-20(5-7-24)6-8-28-14-20)22-12-18(25)15-9-16(26-2)11-17(10-15)27-3;/h9-11,18,24-25H,4-8,12-14H2,1-3H3,(H2,21,22,23);1H. The predicted molar refractivity (Wildman–Crippen MR) is 123 cm³/mol. The lowest BCUT2D eigenvalue weighted by molar-refractivity contribution is 0.131. The van der Waals surface area contributed by atoms with Gasteiger partial charge in [-0.25, -0.2) is 0 Å². The smallest absolute Gasteiger partial charge is 0.191 e. The molecule has 1 aromatic carbocycles. The monoisotopic (exact) mass is 523 g/mol. The molecule has 0 spiro atoms. The van der Waals surface area contributed by atoms with Gasteiger partial charge in [0.05, 0.1) is 33.5 Å². The van der Waals surface area contributed by atoms with Crippen LogP contribution in [0.15, 0.2) is 23.2 Å². The van der Waals surface area contributed by atoms with E-state index in [9.17, 15) is 10.2 Å². The quantitative estimate of drug-likeness (QED) is 0.210. The third kappa shape index (κ3) is 7.80. The van der Waals surface area contributed by atoms with Crippen molar-refractivity contribution in [3.05, 3.63) is 23.8 Å². The van der Waals surface area contributed by atoms with Crippen molar-refractivity contribution in [2.24, 2.45) is 10.4 Å². The fraction of sp³-hybridized carbons (Fsp3) is 0.650. The molecule has 8 nitrogen and oxygen atoms in total. The number of halogens is 1. The topological polar surface area (TPSA) is 105 Å². The minimum atomic E-state index is -0.755. The van der Waals surface area contributed by atoms with Crippen LogP contribution in [0.25, 0.3) is 0 Å². The Bertz CT molecular complexity index is 616. The summed E-state index contributed by atoms with van der Waals surface area (Å²) in [6.07, 6.45) is 0.805. The second-order valence-corrected chi connectivity index (χ2v) is 7.01. The van der Waals surface area contributed by atoms with Crippen LogP contribution in [0, 0.1) is 5.41 Å². The zero-order chi connectivity index (χ0) is 20.4. The predicted octanol–water partition coefficient (Wildman–Crippen LogP) is 1.70. The number of guanidine groups is 1. The Morgan fingerprint density at radius 1 is 1.24 bits per heavy atom. The molecule has 2 atom stereocenters. The van der Waals surface area contributed by atoms with Crippen LogP contribution in [0.5, 0.6) is 11.5 Å². The lowest BCUT2D eigenvalue weighted by atomic mass is 9.84. The molecule has 1 saturated heterocycles. The average molecular weight is 523 g/mol. The number of hydrogen-bond acceptors (Lipinski definition) is 6. The third-order valence-corrected chi connectivity index (χ3v) is 4.97. The molecule has 0 aromatic heterocycles. The molecule has 2 rings (SSSR count). The fourth-order valence-electron chi connectivity index (χ4n) is 3.21. The van der Waals surface area contributed by atoms with Crippen LogP contribution in [-0.2, 0) is 4.74 Å². The lowest BCUT2D eigenvalue weighted by Gasteiger charge is -2.25. The van der Waals surface area contributed by atoms with Crippen molar-refractivity contribution in [3.8, 4) is 11.5 Å². The molecular formula is C20H34IN3O5. The molecule has 1 aliphatic heterocycles. The van der Waals surface area contributed by atoms with E-state index in [1.54, 1.807) is 32.4 Å². The Morgan fingerprint density at radius 3 is 2.45 bits per heavy atom. The normalized spacial score (nSPS) is 20.0. The number of aliphatic imine (C=N–C) groups is 1. The number of hydrogen-bond donors (Lipinski definition) is 4. The van der Waals surface area contributed by atoms with Gasteiger partial charge in [-0.05, 0) is 37.5 Å². The van der Waals surface area contributed by atoms with Crippen molar-refractivity contribution in [3.63, 3.8) is 0 Å². The molecule has 0 amide bonds. The Morgan fingerprint density at radius 2 is 1.93 bits per heavy atom. The lowest BCUT2D eigenvalue weighted by Crippen LogP contribution is -2.40. The summed E-state index contributed by atoms with van der Waals surface area (Å²) in [6.45, 7) is 4.98. The summed E-state index contributed by atoms with van der Waals surface area (Å²) in [4.78, 5) is 4.66. The van der Waals surface area contributed by atoms with E-state index in [1.165, 1.54) is 0 Å². The molecule has 1 aliphatic rings. The Kier molecular flexibility index (Phi) is 11.6. The SMILES string of the molecule is CCNC(=NCC1(CCO)CCOC1)NCC(O)c1cc(OC)cc(OC)c1.I. The van der Waals surface area contributed by atoms with Crippen LogP contribution < -0.4 is 20.1 Å². The van der Waals surface area contributed by atoms with Crippen molar-refractivity contribution in [1.29, 1.82) is 0 Å². The van der Waals surface area contributed by atoms with Crippen molar-refractivity contribution in [2.75, 3.05) is 53.7 Å². The zero-order valence-corrected chi connectivity index (χ0v) is 19.8. The number of benzene rings is 1. The van der Waals surface area contributed by atoms with Crippen LogP contribution in [-0.4, -0.2) is 69.8 Å². The molecule has 0 radical (unpaired) electrons. The van der Waals surface area contributed by atoms with E-state index in [2.05, 4.69) is 15.6 Å². The van der Waals surface area contributed by atoms with Crippen LogP contribution in [0.1, 0.15) is 31.4 Å². The van der Waals surface area contributed by atoms with Crippen LogP contribution >= 0.6 is 24.0 Å². The van der Waals surface area contributed by atoms with Gasteiger partial charge < -0.3 is 35.1 Å². The molecule has 0 saturated carbocycles. The van der Waals surface area contributed by atoms with Gasteiger partial charge in [-0.3, -0.25) is 4.99 Å². The summed E-state index contributed by atoms with van der Waals surface area (Å²) in [6, 6.07) is 5.33. The Labute approximate surface area is 190 Å². The first-order valence-electron chi connectivity index (χ1n) is 9.67. The Hall–Kier alpha value is -1.30. The first kappa shape index (κ1) is 25.7. The fourth-order valence-corrected chi connectivity index (χ4v) is 3.21. The summed E-state index contributed by atoms with van der Waals surface area (Å²) in [5.74, 6) is 1.88. The highest BCUT2D eigenvalue weighted by Gasteiger charge is 2.34. The number of rotatable bonds is 10. The number of aliphatic hydroxyl groups excluding tert-OH is 2. The van der Waals surface area contributed by atoms with Gasteiger partial charge in [0.25, 0.3) is 0 Å². The first-order chi connectivity index (χ1) is 13.6. The first-order valence-corrected chi connectivity index (χ1v) is 9.67. The summed E-state index contributed by atoms with van der Waals surface area (Å²) in [7, 11) is 3.15. The van der Waals surface area contributed by atoms with Gasteiger partial charge in [0.2, 0.25) is 0 Å². The molecule has 9 heteroatoms. The maximum atomic E-state index is 10.6. The van der Waals surface area contributed by atoms with Crippen molar-refractivity contribution in [2.45, 2.75) is 25.9 Å². The summed E-state index contributed by atoms with van der Waals surface area (Å²) in [5, 5.41) is 26.3. The van der Waals surface area contributed by atoms with E-state index in [0.29, 0.717) is 55.7 Å². The highest BCUT2D eigenvalue weighted by Crippen LogP contribution is 2.32. The number of aliphatic hydroxyl groups is 2. The highest BCUT2D eigenvalue weighted by atomic mass is 127. The van der Waals surface area contributed by atoms with Crippen LogP contribution in [0.2, 0.25) is 0 Å². The molecule has 1 fully saturated rings. The number of methoxy groups -OCH3 is 2. The van der Waals surface area contributed by atoms with Crippen molar-refractivity contribution in [1.82, 2.24) is 10.6 Å². The molecule has 166 valence electrons. The van der Waals surface area contributed by atoms with Gasteiger partial charge in [-0.2, -0.15) is 0 Å². The van der Waals surface area contributed by atoms with Gasteiger partial charge in [0.15, 0.2) is 5.96 Å². The molecule has 1 aromatic rings. The van der Waals surface area contributed by atoms with E-state index in [4.69, 9.17) is 14.2 Å². The largest absolute Gasteiger partial charge is 0.497 e. The number of ether oxygens (including phenoxy) is 3. The Balaban J connectivity index is 0.00000420. The summed E-state index contributed by atoms with van der Waals surface area (Å²) < 4.78 is 16.0. The average Bonchev–Trinajstić information content (AvgIpc) is 3.18. The molecule has 4 N–H and O–H groups in total. The summed E-state index contributed by atoms with van der Waals surface area (Å²) in [5.41, 5.74) is 0.580. The van der Waals surface area contributed by atoms with E-state index in [0.717, 1.165) is 6.42 Å². The van der Waals surface area contributed by atoms with E-state index in [1.807, 2.05) is 6.92 Å². The zero-order valence-electron chi connectivity index (χ0n) is 17.4. The molecule has 0 aliphatic carbocycles. The van der Waals surface area contributed by atoms with Crippen molar-refractivity contribution >= 4 is 29.9 Å². The van der Waals surface area contributed by atoms with Gasteiger partial charge >= 0.3 is 0 Å². The highest BCUT2D eigenvalue weighted by molar-refractivity contribution is 14.0. The summed E-state index contributed by atoms with van der Waals surface area (Å²) >= 11 is 0. The van der Waals surface area contributed by atoms with Gasteiger partial charge in [0.1, 0.15) is 11.5 Å². The van der Waals surface area contributed by atoms with Gasteiger partial charge in [-0.15, -0.1) is 24.0 Å². The molecule has 29 heavy (non-hydrogen) atoms. The maximum absolute atomic E-state index is 10.6. The maximum Gasteiger partial charge on any atom is 0.191 e. The number of nitrogens with zero attached hydrogens (tertiary/aromatic N) is 1. The van der Waals surface area contributed by atoms with Gasteiger partial charge in [0, 0.05) is 37.8 Å². The minimum absolute atomic E-state index is 0. The van der Waals surface area contributed by atoms with E-state index in [-0.39, 0.29) is 42.5 Å². The third-order valence-electron chi connectivity index (χ3n) is 4.97. The molecule has 1 heterocycles. The van der Waals surface area contributed by atoms with Crippen LogP contribution in [0.3, 0.4) is 0 Å². The van der Waals surface area contributed by atoms with Crippen molar-refractivity contribution < 1.29 is 24.4 Å². The van der Waals surface area contributed by atoms with Crippen LogP contribution in [0.4, 0.5) is 0 Å². The van der Waals surface area contributed by atoms with E-state index < -0.39 is 6.10 Å². The second-order valence-electron chi connectivity index (χ2n) is 7.01. The number of nitrogens with one attached hydrogen (secondary N) is 2. The second kappa shape index (κ2) is 13.1. The molecule has 0 bridgehead atoms. The van der Waals surface area contributed by atoms with E-state index >= 15 is 0 Å². The minimum Gasteiger partial charge on any atom is -0.497 e. The van der Waals surface area contributed by atoms with Gasteiger partial charge in [-0.1, -0.05) is 0 Å². The molecular weight excluding hydrogens is 489 g/mol. The molecule has 2 unspecified atom stereocenters.